The van der Waals surface area contributed by atoms with Crippen molar-refractivity contribution >= 4 is 5.97 Å². The Morgan fingerprint density at radius 3 is 2.65 bits per heavy atom. The van der Waals surface area contributed by atoms with E-state index in [-0.39, 0.29) is 11.8 Å². The van der Waals surface area contributed by atoms with Crippen molar-refractivity contribution in [1.82, 2.24) is 14.7 Å². The van der Waals surface area contributed by atoms with E-state index >= 15 is 0 Å². The maximum atomic E-state index is 10.9. The third-order valence-corrected chi connectivity index (χ3v) is 4.45. The first-order valence-electron chi connectivity index (χ1n) is 7.54. The first-order chi connectivity index (χ1) is 9.55. The fourth-order valence-corrected chi connectivity index (χ4v) is 2.81. The Morgan fingerprint density at radius 1 is 1.45 bits per heavy atom. The molecule has 0 aliphatic carbocycles. The summed E-state index contributed by atoms with van der Waals surface area (Å²) in [5.74, 6) is -0.644. The summed E-state index contributed by atoms with van der Waals surface area (Å²) in [5, 5.41) is 13.6. The highest BCUT2D eigenvalue weighted by atomic mass is 16.4. The van der Waals surface area contributed by atoms with Crippen molar-refractivity contribution in [2.75, 3.05) is 13.1 Å². The highest BCUT2D eigenvalue weighted by Crippen LogP contribution is 2.25. The predicted molar refractivity (Wildman–Crippen MR) is 77.4 cm³/mol. The number of rotatable bonds is 7. The zero-order chi connectivity index (χ0) is 14.7. The van der Waals surface area contributed by atoms with Gasteiger partial charge in [0.2, 0.25) is 0 Å². The molecule has 1 saturated heterocycles. The molecule has 1 aliphatic heterocycles. The summed E-state index contributed by atoms with van der Waals surface area (Å²) < 4.78 is 2.06. The van der Waals surface area contributed by atoms with Crippen LogP contribution in [0.1, 0.15) is 45.3 Å². The zero-order valence-corrected chi connectivity index (χ0v) is 12.6. The second-order valence-corrected chi connectivity index (χ2v) is 5.84. The lowest BCUT2D eigenvalue weighted by atomic mass is 9.87. The summed E-state index contributed by atoms with van der Waals surface area (Å²) in [6, 6.07) is 2.56. The minimum Gasteiger partial charge on any atom is -0.481 e. The SMILES string of the molecule is CCC(CC)n1ccc(CN2CC(C(C)C(=O)O)C2)n1. The lowest BCUT2D eigenvalue weighted by molar-refractivity contribution is -0.145. The van der Waals surface area contributed by atoms with Gasteiger partial charge in [0.1, 0.15) is 0 Å². The summed E-state index contributed by atoms with van der Waals surface area (Å²) >= 11 is 0. The summed E-state index contributed by atoms with van der Waals surface area (Å²) in [7, 11) is 0. The molecule has 2 rings (SSSR count). The summed E-state index contributed by atoms with van der Waals surface area (Å²) in [5.41, 5.74) is 1.08. The van der Waals surface area contributed by atoms with Crippen LogP contribution >= 0.6 is 0 Å². The number of aromatic nitrogens is 2. The van der Waals surface area contributed by atoms with Crippen molar-refractivity contribution in [3.63, 3.8) is 0 Å². The van der Waals surface area contributed by atoms with Crippen LogP contribution in [0.25, 0.3) is 0 Å². The van der Waals surface area contributed by atoms with Crippen molar-refractivity contribution in [2.24, 2.45) is 11.8 Å². The second kappa shape index (κ2) is 6.39. The molecule has 1 N–H and O–H groups in total. The van der Waals surface area contributed by atoms with Crippen molar-refractivity contribution in [2.45, 2.75) is 46.2 Å². The molecule has 5 heteroatoms. The molecule has 0 spiro atoms. The number of likely N-dealkylation sites (tertiary alicyclic amines) is 1. The zero-order valence-electron chi connectivity index (χ0n) is 12.6. The standard InChI is InChI=1S/C15H25N3O2/c1-4-14(5-2)18-7-6-13(16-18)10-17-8-12(9-17)11(3)15(19)20/h6-7,11-12,14H,4-5,8-10H2,1-3H3,(H,19,20). The molecule has 0 aromatic carbocycles. The predicted octanol–water partition coefficient (Wildman–Crippen LogP) is 2.40. The van der Waals surface area contributed by atoms with Crippen LogP contribution < -0.4 is 0 Å². The van der Waals surface area contributed by atoms with Gasteiger partial charge in [-0.1, -0.05) is 20.8 Å². The van der Waals surface area contributed by atoms with E-state index in [0.717, 1.165) is 38.2 Å². The van der Waals surface area contributed by atoms with Crippen LogP contribution in [0, 0.1) is 11.8 Å². The number of aliphatic carboxylic acids is 1. The van der Waals surface area contributed by atoms with Crippen molar-refractivity contribution in [3.8, 4) is 0 Å². The van der Waals surface area contributed by atoms with Crippen molar-refractivity contribution in [3.05, 3.63) is 18.0 Å². The quantitative estimate of drug-likeness (QED) is 0.832. The molecule has 0 amide bonds. The lowest BCUT2D eigenvalue weighted by Crippen LogP contribution is -2.50. The van der Waals surface area contributed by atoms with E-state index in [0.29, 0.717) is 6.04 Å². The van der Waals surface area contributed by atoms with Gasteiger partial charge in [-0.05, 0) is 24.8 Å². The van der Waals surface area contributed by atoms with E-state index in [1.165, 1.54) is 0 Å². The number of carbonyl (C=O) groups is 1. The van der Waals surface area contributed by atoms with E-state index < -0.39 is 5.97 Å². The Hall–Kier alpha value is -1.36. The van der Waals surface area contributed by atoms with E-state index in [2.05, 4.69) is 40.8 Å². The van der Waals surface area contributed by atoms with E-state index in [9.17, 15) is 4.79 Å². The molecule has 1 atom stereocenters. The molecule has 1 fully saturated rings. The first-order valence-corrected chi connectivity index (χ1v) is 7.54. The fraction of sp³-hybridized carbons (Fsp3) is 0.733. The van der Waals surface area contributed by atoms with Gasteiger partial charge >= 0.3 is 5.97 Å². The van der Waals surface area contributed by atoms with Gasteiger partial charge in [0.05, 0.1) is 17.7 Å². The van der Waals surface area contributed by atoms with Gasteiger partial charge in [0.15, 0.2) is 0 Å². The smallest absolute Gasteiger partial charge is 0.306 e. The van der Waals surface area contributed by atoms with Gasteiger partial charge < -0.3 is 5.11 Å². The van der Waals surface area contributed by atoms with Gasteiger partial charge in [-0.25, -0.2) is 0 Å². The molecular formula is C15H25N3O2. The lowest BCUT2D eigenvalue weighted by Gasteiger charge is -2.40. The van der Waals surface area contributed by atoms with Crippen LogP contribution in [-0.4, -0.2) is 38.8 Å². The Bertz CT molecular complexity index is 448. The molecule has 0 bridgehead atoms. The van der Waals surface area contributed by atoms with E-state index in [1.54, 1.807) is 6.92 Å². The topological polar surface area (TPSA) is 58.4 Å². The molecule has 20 heavy (non-hydrogen) atoms. The molecule has 0 radical (unpaired) electrons. The van der Waals surface area contributed by atoms with Gasteiger partial charge in [0, 0.05) is 25.8 Å². The minimum atomic E-state index is -0.687. The van der Waals surface area contributed by atoms with Gasteiger partial charge in [0.25, 0.3) is 0 Å². The van der Waals surface area contributed by atoms with Crippen LogP contribution in [0.15, 0.2) is 12.3 Å². The highest BCUT2D eigenvalue weighted by molar-refractivity contribution is 5.70. The molecule has 2 heterocycles. The third kappa shape index (κ3) is 3.20. The van der Waals surface area contributed by atoms with Crippen LogP contribution in [0.2, 0.25) is 0 Å². The molecule has 1 aliphatic rings. The van der Waals surface area contributed by atoms with Crippen LogP contribution in [-0.2, 0) is 11.3 Å². The average Bonchev–Trinajstić information content (AvgIpc) is 2.82. The second-order valence-electron chi connectivity index (χ2n) is 5.84. The maximum Gasteiger partial charge on any atom is 0.306 e. The van der Waals surface area contributed by atoms with Crippen molar-refractivity contribution < 1.29 is 9.90 Å². The normalized spacial score (nSPS) is 18.2. The Morgan fingerprint density at radius 2 is 2.10 bits per heavy atom. The molecule has 1 unspecified atom stereocenters. The molecule has 1 aromatic rings. The molecule has 112 valence electrons. The number of carboxylic acids is 1. The van der Waals surface area contributed by atoms with E-state index in [4.69, 9.17) is 5.11 Å². The third-order valence-electron chi connectivity index (χ3n) is 4.45. The monoisotopic (exact) mass is 279 g/mol. The largest absolute Gasteiger partial charge is 0.481 e. The van der Waals surface area contributed by atoms with Crippen LogP contribution in [0.5, 0.6) is 0 Å². The fourth-order valence-electron chi connectivity index (χ4n) is 2.81. The van der Waals surface area contributed by atoms with Crippen LogP contribution in [0.3, 0.4) is 0 Å². The highest BCUT2D eigenvalue weighted by Gasteiger charge is 2.34. The van der Waals surface area contributed by atoms with E-state index in [1.807, 2.05) is 0 Å². The maximum absolute atomic E-state index is 10.9. The Kier molecular flexibility index (Phi) is 4.81. The number of hydrogen-bond donors (Lipinski definition) is 1. The number of nitrogens with zero attached hydrogens (tertiary/aromatic N) is 3. The molecule has 1 aromatic heterocycles. The molecular weight excluding hydrogens is 254 g/mol. The van der Waals surface area contributed by atoms with Gasteiger partial charge in [-0.2, -0.15) is 5.10 Å². The number of carboxylic acid groups (broad SMARTS) is 1. The number of hydrogen-bond acceptors (Lipinski definition) is 3. The minimum absolute atomic E-state index is 0.242. The molecule has 5 nitrogen and oxygen atoms in total. The van der Waals surface area contributed by atoms with Gasteiger partial charge in [-0.3, -0.25) is 14.4 Å². The molecule has 0 saturated carbocycles. The van der Waals surface area contributed by atoms with Gasteiger partial charge in [-0.15, -0.1) is 0 Å². The Balaban J connectivity index is 1.83. The summed E-state index contributed by atoms with van der Waals surface area (Å²) in [6.07, 6.45) is 4.25. The summed E-state index contributed by atoms with van der Waals surface area (Å²) in [4.78, 5) is 13.2. The first kappa shape index (κ1) is 15.0. The van der Waals surface area contributed by atoms with Crippen LogP contribution in [0.4, 0.5) is 0 Å². The summed E-state index contributed by atoms with van der Waals surface area (Å²) in [6.45, 7) is 8.73. The van der Waals surface area contributed by atoms with Crippen molar-refractivity contribution in [1.29, 1.82) is 0 Å². The average molecular weight is 279 g/mol. The Labute approximate surface area is 120 Å².